The minimum absolute atomic E-state index is 0.0826. The van der Waals surface area contributed by atoms with Gasteiger partial charge in [0.2, 0.25) is 12.7 Å². The third-order valence-electron chi connectivity index (χ3n) is 4.17. The molecule has 3 rings (SSSR count). The highest BCUT2D eigenvalue weighted by atomic mass is 16.7. The van der Waals surface area contributed by atoms with Gasteiger partial charge in [0.1, 0.15) is 0 Å². The lowest BCUT2D eigenvalue weighted by molar-refractivity contribution is -0.120. The standard InChI is InChI=1S/C20H22N2O4/c1-12-6-13(2)8-16(7-12)20(24)21-10-19(23)22-14(3)15-4-5-17-18(9-15)26-11-25-17/h4-9,14H,10-11H2,1-3H3,(H,21,24)(H,22,23). The summed E-state index contributed by atoms with van der Waals surface area (Å²) in [5, 5.41) is 5.52. The third-order valence-corrected chi connectivity index (χ3v) is 4.17. The van der Waals surface area contributed by atoms with Crippen LogP contribution in [0.2, 0.25) is 0 Å². The summed E-state index contributed by atoms with van der Waals surface area (Å²) in [6.45, 7) is 5.87. The van der Waals surface area contributed by atoms with Crippen molar-refractivity contribution in [2.45, 2.75) is 26.8 Å². The Hall–Kier alpha value is -3.02. The number of carbonyl (C=O) groups excluding carboxylic acids is 2. The number of nitrogens with one attached hydrogen (secondary N) is 2. The molecule has 2 aromatic rings. The second-order valence-electron chi connectivity index (χ2n) is 6.46. The van der Waals surface area contributed by atoms with Gasteiger partial charge in [-0.1, -0.05) is 23.3 Å². The van der Waals surface area contributed by atoms with Gasteiger partial charge < -0.3 is 20.1 Å². The number of benzene rings is 2. The van der Waals surface area contributed by atoms with E-state index in [1.54, 1.807) is 12.1 Å². The Morgan fingerprint density at radius 1 is 1.04 bits per heavy atom. The van der Waals surface area contributed by atoms with Crippen LogP contribution in [0.1, 0.15) is 40.0 Å². The van der Waals surface area contributed by atoms with E-state index in [1.165, 1.54) is 0 Å². The fourth-order valence-corrected chi connectivity index (χ4v) is 2.93. The fraction of sp³-hybridized carbons (Fsp3) is 0.300. The number of rotatable bonds is 5. The number of carbonyl (C=O) groups is 2. The van der Waals surface area contributed by atoms with Gasteiger partial charge in [-0.3, -0.25) is 9.59 Å². The van der Waals surface area contributed by atoms with Gasteiger partial charge in [-0.05, 0) is 50.6 Å². The van der Waals surface area contributed by atoms with Crippen molar-refractivity contribution in [1.82, 2.24) is 10.6 Å². The Balaban J connectivity index is 1.54. The highest BCUT2D eigenvalue weighted by Gasteiger charge is 2.17. The van der Waals surface area contributed by atoms with E-state index in [2.05, 4.69) is 10.6 Å². The van der Waals surface area contributed by atoms with Gasteiger partial charge in [0, 0.05) is 5.56 Å². The summed E-state index contributed by atoms with van der Waals surface area (Å²) in [6.07, 6.45) is 0. The first-order valence-electron chi connectivity index (χ1n) is 8.48. The number of hydrogen-bond acceptors (Lipinski definition) is 4. The van der Waals surface area contributed by atoms with Gasteiger partial charge in [0.25, 0.3) is 5.91 Å². The molecule has 136 valence electrons. The van der Waals surface area contributed by atoms with E-state index < -0.39 is 0 Å². The molecule has 0 aliphatic carbocycles. The molecule has 0 aromatic heterocycles. The Morgan fingerprint density at radius 3 is 2.46 bits per heavy atom. The van der Waals surface area contributed by atoms with E-state index in [1.807, 2.05) is 45.0 Å². The Bertz CT molecular complexity index is 827. The van der Waals surface area contributed by atoms with Gasteiger partial charge in [-0.15, -0.1) is 0 Å². The molecule has 0 saturated carbocycles. The summed E-state index contributed by atoms with van der Waals surface area (Å²) in [6, 6.07) is 10.9. The number of amides is 2. The van der Waals surface area contributed by atoms with Gasteiger partial charge in [0.05, 0.1) is 12.6 Å². The molecule has 0 fully saturated rings. The number of fused-ring (bicyclic) bond motifs is 1. The Labute approximate surface area is 152 Å². The van der Waals surface area contributed by atoms with Crippen molar-refractivity contribution < 1.29 is 19.1 Å². The molecule has 26 heavy (non-hydrogen) atoms. The van der Waals surface area contributed by atoms with E-state index in [-0.39, 0.29) is 31.2 Å². The zero-order valence-corrected chi connectivity index (χ0v) is 15.1. The van der Waals surface area contributed by atoms with Gasteiger partial charge in [-0.25, -0.2) is 0 Å². The normalized spacial score (nSPS) is 13.2. The van der Waals surface area contributed by atoms with Gasteiger partial charge >= 0.3 is 0 Å². The predicted molar refractivity (Wildman–Crippen MR) is 97.4 cm³/mol. The van der Waals surface area contributed by atoms with E-state index in [4.69, 9.17) is 9.47 Å². The maximum atomic E-state index is 12.2. The van der Waals surface area contributed by atoms with Crippen LogP contribution in [0.4, 0.5) is 0 Å². The van der Waals surface area contributed by atoms with Gasteiger partial charge in [0.15, 0.2) is 11.5 Å². The maximum absolute atomic E-state index is 12.2. The third kappa shape index (κ3) is 4.14. The first-order valence-corrected chi connectivity index (χ1v) is 8.48. The SMILES string of the molecule is Cc1cc(C)cc(C(=O)NCC(=O)NC(C)c2ccc3c(c2)OCO3)c1. The Morgan fingerprint density at radius 2 is 1.73 bits per heavy atom. The molecule has 1 unspecified atom stereocenters. The molecule has 1 atom stereocenters. The molecule has 0 saturated heterocycles. The van der Waals surface area contributed by atoms with Gasteiger partial charge in [-0.2, -0.15) is 0 Å². The molecule has 1 heterocycles. The highest BCUT2D eigenvalue weighted by Crippen LogP contribution is 2.34. The van der Waals surface area contributed by atoms with Crippen LogP contribution in [0, 0.1) is 13.8 Å². The smallest absolute Gasteiger partial charge is 0.251 e. The van der Waals surface area contributed by atoms with Crippen LogP contribution in [0.3, 0.4) is 0 Å². The average molecular weight is 354 g/mol. The van der Waals surface area contributed by atoms with Crippen molar-refractivity contribution >= 4 is 11.8 Å². The van der Waals surface area contributed by atoms with Crippen LogP contribution >= 0.6 is 0 Å². The number of hydrogen-bond donors (Lipinski definition) is 2. The lowest BCUT2D eigenvalue weighted by Crippen LogP contribution is -2.38. The number of ether oxygens (including phenoxy) is 2. The molecule has 2 amide bonds. The topological polar surface area (TPSA) is 76.7 Å². The molecule has 6 heteroatoms. The molecule has 1 aliphatic heterocycles. The second kappa shape index (κ2) is 7.47. The highest BCUT2D eigenvalue weighted by molar-refractivity contribution is 5.96. The quantitative estimate of drug-likeness (QED) is 0.865. The minimum atomic E-state index is -0.261. The van der Waals surface area contributed by atoms with Crippen molar-refractivity contribution in [3.05, 3.63) is 58.7 Å². The molecule has 1 aliphatic rings. The molecule has 0 spiro atoms. The lowest BCUT2D eigenvalue weighted by Gasteiger charge is -2.15. The number of aryl methyl sites for hydroxylation is 2. The maximum Gasteiger partial charge on any atom is 0.251 e. The molecule has 0 bridgehead atoms. The van der Waals surface area contributed by atoms with E-state index in [0.717, 1.165) is 16.7 Å². The van der Waals surface area contributed by atoms with Crippen molar-refractivity contribution in [3.8, 4) is 11.5 Å². The average Bonchev–Trinajstić information content (AvgIpc) is 3.06. The molecular formula is C20H22N2O4. The zero-order chi connectivity index (χ0) is 18.7. The monoisotopic (exact) mass is 354 g/mol. The van der Waals surface area contributed by atoms with Crippen LogP contribution in [0.5, 0.6) is 11.5 Å². The van der Waals surface area contributed by atoms with Crippen molar-refractivity contribution in [1.29, 1.82) is 0 Å². The van der Waals surface area contributed by atoms with E-state index >= 15 is 0 Å². The van der Waals surface area contributed by atoms with Crippen molar-refractivity contribution in [2.75, 3.05) is 13.3 Å². The van der Waals surface area contributed by atoms with E-state index in [0.29, 0.717) is 17.1 Å². The predicted octanol–water partition coefficient (Wildman–Crippen LogP) is 2.64. The molecule has 0 radical (unpaired) electrons. The van der Waals surface area contributed by atoms with Crippen LogP contribution in [0.25, 0.3) is 0 Å². The van der Waals surface area contributed by atoms with Crippen LogP contribution in [0.15, 0.2) is 36.4 Å². The first-order chi connectivity index (χ1) is 12.4. The Kier molecular flexibility index (Phi) is 5.11. The zero-order valence-electron chi connectivity index (χ0n) is 15.1. The summed E-state index contributed by atoms with van der Waals surface area (Å²) in [7, 11) is 0. The van der Waals surface area contributed by atoms with Crippen LogP contribution < -0.4 is 20.1 Å². The summed E-state index contributed by atoms with van der Waals surface area (Å²) < 4.78 is 10.6. The first kappa shape index (κ1) is 17.8. The second-order valence-corrected chi connectivity index (χ2v) is 6.46. The summed E-state index contributed by atoms with van der Waals surface area (Å²) >= 11 is 0. The summed E-state index contributed by atoms with van der Waals surface area (Å²) in [5.74, 6) is 0.857. The minimum Gasteiger partial charge on any atom is -0.454 e. The molecule has 6 nitrogen and oxygen atoms in total. The summed E-state index contributed by atoms with van der Waals surface area (Å²) in [5.41, 5.74) is 3.48. The largest absolute Gasteiger partial charge is 0.454 e. The molecule has 2 aromatic carbocycles. The van der Waals surface area contributed by atoms with Crippen LogP contribution in [-0.2, 0) is 4.79 Å². The summed E-state index contributed by atoms with van der Waals surface area (Å²) in [4.78, 5) is 24.4. The van der Waals surface area contributed by atoms with Crippen molar-refractivity contribution in [3.63, 3.8) is 0 Å². The van der Waals surface area contributed by atoms with Crippen molar-refractivity contribution in [2.24, 2.45) is 0 Å². The molecule has 2 N–H and O–H groups in total. The molecular weight excluding hydrogens is 332 g/mol. The lowest BCUT2D eigenvalue weighted by atomic mass is 10.1. The van der Waals surface area contributed by atoms with Crippen LogP contribution in [-0.4, -0.2) is 25.2 Å². The fourth-order valence-electron chi connectivity index (χ4n) is 2.93. The van der Waals surface area contributed by atoms with E-state index in [9.17, 15) is 9.59 Å².